The van der Waals surface area contributed by atoms with Crippen molar-refractivity contribution in [2.75, 3.05) is 19.7 Å². The summed E-state index contributed by atoms with van der Waals surface area (Å²) in [5.74, 6) is -0.598. The maximum Gasteiger partial charge on any atom is 0.334 e. The van der Waals surface area contributed by atoms with Crippen LogP contribution in [0, 0.1) is 0 Å². The van der Waals surface area contributed by atoms with E-state index in [0.29, 0.717) is 23.4 Å². The Kier molecular flexibility index (Phi) is 4.99. The Morgan fingerprint density at radius 3 is 2.64 bits per heavy atom. The maximum atomic E-state index is 13.1. The van der Waals surface area contributed by atoms with E-state index in [-0.39, 0.29) is 31.4 Å². The van der Waals surface area contributed by atoms with Crippen LogP contribution in [-0.4, -0.2) is 47.7 Å². The number of carbonyl (C=O) groups excluding carboxylic acids is 1. The molecular formula is C21H19NO6. The largest absolute Gasteiger partial charge is 0.489 e. The van der Waals surface area contributed by atoms with Gasteiger partial charge in [0.05, 0.1) is 13.2 Å². The van der Waals surface area contributed by atoms with E-state index in [1.54, 1.807) is 6.07 Å². The van der Waals surface area contributed by atoms with E-state index >= 15 is 0 Å². The molecule has 2 heterocycles. The molecule has 1 atom stereocenters. The zero-order valence-corrected chi connectivity index (χ0v) is 15.0. The number of aliphatic carboxylic acids is 1. The summed E-state index contributed by atoms with van der Waals surface area (Å²) in [6.45, 7) is 0.608. The number of rotatable bonds is 5. The molecule has 1 aromatic heterocycles. The minimum Gasteiger partial charge on any atom is -0.489 e. The molecule has 1 amide bonds. The molecule has 1 saturated heterocycles. The Labute approximate surface area is 161 Å². The Morgan fingerprint density at radius 2 is 1.86 bits per heavy atom. The summed E-state index contributed by atoms with van der Waals surface area (Å²) in [5.41, 5.74) is 1.23. The topological polar surface area (TPSA) is 89.2 Å². The Balaban J connectivity index is 1.64. The van der Waals surface area contributed by atoms with E-state index in [2.05, 4.69) is 0 Å². The summed E-state index contributed by atoms with van der Waals surface area (Å²) in [4.78, 5) is 25.8. The highest BCUT2D eigenvalue weighted by atomic mass is 16.5. The third-order valence-corrected chi connectivity index (χ3v) is 4.65. The Bertz CT molecular complexity index is 997. The van der Waals surface area contributed by atoms with Crippen molar-refractivity contribution in [3.63, 3.8) is 0 Å². The molecule has 1 aliphatic heterocycles. The highest BCUT2D eigenvalue weighted by molar-refractivity contribution is 5.99. The number of ether oxygens (including phenoxy) is 2. The van der Waals surface area contributed by atoms with E-state index in [1.807, 2.05) is 48.5 Å². The molecule has 2 aromatic carbocycles. The predicted molar refractivity (Wildman–Crippen MR) is 100 cm³/mol. The summed E-state index contributed by atoms with van der Waals surface area (Å²) < 4.78 is 16.9. The standard InChI is InChI=1S/C21H19NO6/c23-20(22-10-11-26-18(12-22)21(24)25)19-16(13-27-14-6-2-1-3-7-14)15-8-4-5-9-17(15)28-19/h1-9,18H,10-13H2,(H,24,25). The van der Waals surface area contributed by atoms with Crippen molar-refractivity contribution in [3.05, 3.63) is 65.9 Å². The molecule has 4 rings (SSSR count). The zero-order chi connectivity index (χ0) is 19.5. The van der Waals surface area contributed by atoms with Crippen molar-refractivity contribution < 1.29 is 28.6 Å². The number of furan rings is 1. The van der Waals surface area contributed by atoms with Crippen molar-refractivity contribution in [2.45, 2.75) is 12.7 Å². The fourth-order valence-electron chi connectivity index (χ4n) is 3.21. The third-order valence-electron chi connectivity index (χ3n) is 4.65. The highest BCUT2D eigenvalue weighted by Crippen LogP contribution is 2.28. The average molecular weight is 381 g/mol. The van der Waals surface area contributed by atoms with Crippen molar-refractivity contribution in [3.8, 4) is 5.75 Å². The summed E-state index contributed by atoms with van der Waals surface area (Å²) in [6, 6.07) is 16.7. The molecule has 28 heavy (non-hydrogen) atoms. The van der Waals surface area contributed by atoms with Crippen LogP contribution in [0.15, 0.2) is 59.0 Å². The second-order valence-electron chi connectivity index (χ2n) is 6.46. The van der Waals surface area contributed by atoms with Crippen molar-refractivity contribution in [1.82, 2.24) is 4.90 Å². The number of nitrogens with zero attached hydrogens (tertiary/aromatic N) is 1. The lowest BCUT2D eigenvalue weighted by molar-refractivity contribution is -0.154. The van der Waals surface area contributed by atoms with Crippen LogP contribution in [0.3, 0.4) is 0 Å². The van der Waals surface area contributed by atoms with Gasteiger partial charge in [-0.2, -0.15) is 0 Å². The van der Waals surface area contributed by atoms with E-state index in [1.165, 1.54) is 4.90 Å². The molecule has 1 fully saturated rings. The molecule has 0 bridgehead atoms. The first-order valence-electron chi connectivity index (χ1n) is 8.95. The Morgan fingerprint density at radius 1 is 1.11 bits per heavy atom. The number of hydrogen-bond acceptors (Lipinski definition) is 5. The molecule has 7 heteroatoms. The summed E-state index contributed by atoms with van der Waals surface area (Å²) in [6.07, 6.45) is -1.04. The van der Waals surface area contributed by atoms with Crippen molar-refractivity contribution >= 4 is 22.8 Å². The number of carbonyl (C=O) groups is 2. The molecule has 0 aliphatic carbocycles. The molecule has 1 aliphatic rings. The Hall–Kier alpha value is -3.32. The number of amides is 1. The van der Waals surface area contributed by atoms with Gasteiger partial charge < -0.3 is 23.9 Å². The van der Waals surface area contributed by atoms with Crippen LogP contribution in [-0.2, 0) is 16.1 Å². The average Bonchev–Trinajstić information content (AvgIpc) is 3.11. The quantitative estimate of drug-likeness (QED) is 0.731. The minimum absolute atomic E-state index is 0.0236. The molecule has 1 N–H and O–H groups in total. The molecule has 0 spiro atoms. The molecule has 144 valence electrons. The van der Waals surface area contributed by atoms with Crippen LogP contribution in [0.5, 0.6) is 5.75 Å². The summed E-state index contributed by atoms with van der Waals surface area (Å²) in [5, 5.41) is 9.98. The van der Waals surface area contributed by atoms with Crippen molar-refractivity contribution in [2.24, 2.45) is 0 Å². The number of fused-ring (bicyclic) bond motifs is 1. The van der Waals surface area contributed by atoms with Gasteiger partial charge >= 0.3 is 5.97 Å². The molecule has 0 saturated carbocycles. The zero-order valence-electron chi connectivity index (χ0n) is 15.0. The summed E-state index contributed by atoms with van der Waals surface area (Å²) in [7, 11) is 0. The van der Waals surface area contributed by atoms with Crippen LogP contribution in [0.25, 0.3) is 11.0 Å². The fourth-order valence-corrected chi connectivity index (χ4v) is 3.21. The van der Waals surface area contributed by atoms with Gasteiger partial charge in [0.25, 0.3) is 5.91 Å². The number of morpholine rings is 1. The molecule has 3 aromatic rings. The first-order valence-corrected chi connectivity index (χ1v) is 8.95. The lowest BCUT2D eigenvalue weighted by atomic mass is 10.1. The van der Waals surface area contributed by atoms with Crippen molar-refractivity contribution in [1.29, 1.82) is 0 Å². The van der Waals surface area contributed by atoms with Gasteiger partial charge in [0, 0.05) is 17.5 Å². The number of hydrogen-bond donors (Lipinski definition) is 1. The third kappa shape index (κ3) is 3.57. The fraction of sp³-hybridized carbons (Fsp3) is 0.238. The minimum atomic E-state index is -1.09. The van der Waals surface area contributed by atoms with Crippen LogP contribution < -0.4 is 4.74 Å². The van der Waals surface area contributed by atoms with Crippen LogP contribution in [0.1, 0.15) is 16.1 Å². The normalized spacial score (nSPS) is 16.9. The number of benzene rings is 2. The van der Waals surface area contributed by atoms with Crippen LogP contribution >= 0.6 is 0 Å². The van der Waals surface area contributed by atoms with E-state index in [9.17, 15) is 14.7 Å². The smallest absolute Gasteiger partial charge is 0.334 e. The second-order valence-corrected chi connectivity index (χ2v) is 6.46. The van der Waals surface area contributed by atoms with Gasteiger partial charge in [-0.05, 0) is 18.2 Å². The van der Waals surface area contributed by atoms with Crippen LogP contribution in [0.4, 0.5) is 0 Å². The SMILES string of the molecule is O=C(O)C1CN(C(=O)c2oc3ccccc3c2COc2ccccc2)CCO1. The molecule has 1 unspecified atom stereocenters. The van der Waals surface area contributed by atoms with Gasteiger partial charge in [-0.3, -0.25) is 4.79 Å². The van der Waals surface area contributed by atoms with E-state index < -0.39 is 12.1 Å². The first-order chi connectivity index (χ1) is 13.6. The van der Waals surface area contributed by atoms with Gasteiger partial charge in [-0.1, -0.05) is 36.4 Å². The monoisotopic (exact) mass is 381 g/mol. The van der Waals surface area contributed by atoms with E-state index in [0.717, 1.165) is 5.39 Å². The number of carboxylic acid groups (broad SMARTS) is 1. The lowest BCUT2D eigenvalue weighted by Gasteiger charge is -2.30. The predicted octanol–water partition coefficient (Wildman–Crippen LogP) is 2.94. The van der Waals surface area contributed by atoms with Crippen LogP contribution in [0.2, 0.25) is 0 Å². The van der Waals surface area contributed by atoms with E-state index in [4.69, 9.17) is 13.9 Å². The molecule has 7 nitrogen and oxygen atoms in total. The van der Waals surface area contributed by atoms with Gasteiger partial charge in [-0.25, -0.2) is 4.79 Å². The van der Waals surface area contributed by atoms with Gasteiger partial charge in [0.15, 0.2) is 11.9 Å². The molecule has 0 radical (unpaired) electrons. The number of carboxylic acids is 1. The second kappa shape index (κ2) is 7.74. The lowest BCUT2D eigenvalue weighted by Crippen LogP contribution is -2.48. The highest BCUT2D eigenvalue weighted by Gasteiger charge is 2.32. The van der Waals surface area contributed by atoms with Gasteiger partial charge in [0.2, 0.25) is 0 Å². The first kappa shape index (κ1) is 18.1. The summed E-state index contributed by atoms with van der Waals surface area (Å²) >= 11 is 0. The van der Waals surface area contributed by atoms with Gasteiger partial charge in [0.1, 0.15) is 17.9 Å². The van der Waals surface area contributed by atoms with Gasteiger partial charge in [-0.15, -0.1) is 0 Å². The molecular weight excluding hydrogens is 362 g/mol. The maximum absolute atomic E-state index is 13.1. The number of para-hydroxylation sites is 2.